The van der Waals surface area contributed by atoms with E-state index >= 15 is 0 Å². The van der Waals surface area contributed by atoms with Crippen molar-refractivity contribution in [2.75, 3.05) is 38.1 Å². The predicted molar refractivity (Wildman–Crippen MR) is 104 cm³/mol. The Balaban J connectivity index is 1.72. The minimum atomic E-state index is -0.150. The Bertz CT molecular complexity index is 789. The monoisotopic (exact) mass is 370 g/mol. The van der Waals surface area contributed by atoms with Crippen LogP contribution in [0, 0.1) is 0 Å². The third-order valence-electron chi connectivity index (χ3n) is 4.62. The Hall–Kier alpha value is -2.96. The van der Waals surface area contributed by atoms with Crippen molar-refractivity contribution in [3.05, 3.63) is 42.7 Å². The summed E-state index contributed by atoms with van der Waals surface area (Å²) in [5.41, 5.74) is 1.58. The quantitative estimate of drug-likeness (QED) is 0.900. The molecule has 1 aromatic heterocycles. The van der Waals surface area contributed by atoms with Crippen molar-refractivity contribution in [1.82, 2.24) is 14.4 Å². The van der Waals surface area contributed by atoms with E-state index in [9.17, 15) is 9.59 Å². The molecule has 1 aliphatic heterocycles. The van der Waals surface area contributed by atoms with Gasteiger partial charge in [0, 0.05) is 51.2 Å². The van der Waals surface area contributed by atoms with Crippen molar-refractivity contribution >= 4 is 17.6 Å². The van der Waals surface area contributed by atoms with Crippen molar-refractivity contribution in [3.8, 4) is 11.4 Å². The average Bonchev–Trinajstić information content (AvgIpc) is 3.06. The van der Waals surface area contributed by atoms with Gasteiger partial charge >= 0.3 is 6.03 Å². The van der Waals surface area contributed by atoms with Gasteiger partial charge in [-0.15, -0.1) is 0 Å². The summed E-state index contributed by atoms with van der Waals surface area (Å²) in [5, 5.41) is 2.97. The second-order valence-electron chi connectivity index (χ2n) is 6.48. The molecule has 0 radical (unpaired) electrons. The number of anilines is 1. The molecule has 3 rings (SSSR count). The first-order valence-electron chi connectivity index (χ1n) is 9.30. The van der Waals surface area contributed by atoms with E-state index in [0.29, 0.717) is 38.5 Å². The van der Waals surface area contributed by atoms with Crippen LogP contribution in [0.15, 0.2) is 42.7 Å². The van der Waals surface area contributed by atoms with Gasteiger partial charge in [-0.2, -0.15) is 0 Å². The Labute approximate surface area is 159 Å². The van der Waals surface area contributed by atoms with Crippen LogP contribution in [-0.2, 0) is 4.79 Å². The van der Waals surface area contributed by atoms with Crippen LogP contribution in [0.2, 0.25) is 0 Å². The molecular weight excluding hydrogens is 344 g/mol. The van der Waals surface area contributed by atoms with Gasteiger partial charge in [-0.3, -0.25) is 4.79 Å². The zero-order valence-electron chi connectivity index (χ0n) is 15.9. The maximum absolute atomic E-state index is 12.7. The van der Waals surface area contributed by atoms with Crippen molar-refractivity contribution < 1.29 is 14.3 Å². The molecular formula is C20H26N4O3. The Morgan fingerprint density at radius 2 is 1.78 bits per heavy atom. The van der Waals surface area contributed by atoms with E-state index in [4.69, 9.17) is 4.74 Å². The molecule has 1 fully saturated rings. The summed E-state index contributed by atoms with van der Waals surface area (Å²) in [6.45, 7) is 6.52. The van der Waals surface area contributed by atoms with Gasteiger partial charge in [-0.05, 0) is 43.7 Å². The first kappa shape index (κ1) is 18.8. The molecule has 7 heteroatoms. The van der Waals surface area contributed by atoms with Crippen LogP contribution in [-0.4, -0.2) is 59.1 Å². The summed E-state index contributed by atoms with van der Waals surface area (Å²) in [5.74, 6) is 0.818. The number of ether oxygens (including phenoxy) is 1. The number of hydrogen-bond acceptors (Lipinski definition) is 3. The van der Waals surface area contributed by atoms with Crippen LogP contribution in [0.3, 0.4) is 0 Å². The number of aromatic nitrogens is 1. The molecule has 0 aliphatic carbocycles. The molecule has 7 nitrogen and oxygen atoms in total. The van der Waals surface area contributed by atoms with E-state index in [1.54, 1.807) is 16.7 Å². The molecule has 0 bridgehead atoms. The zero-order chi connectivity index (χ0) is 19.2. The number of urea groups is 1. The molecule has 2 aromatic rings. The van der Waals surface area contributed by atoms with Crippen LogP contribution in [0.1, 0.15) is 20.3 Å². The van der Waals surface area contributed by atoms with E-state index < -0.39 is 0 Å². The first-order chi connectivity index (χ1) is 13.1. The lowest BCUT2D eigenvalue weighted by Gasteiger charge is -2.22. The summed E-state index contributed by atoms with van der Waals surface area (Å²) < 4.78 is 7.66. The summed E-state index contributed by atoms with van der Waals surface area (Å²) in [6, 6.07) is 9.35. The van der Waals surface area contributed by atoms with Gasteiger partial charge in [0.15, 0.2) is 0 Å². The maximum Gasteiger partial charge on any atom is 0.321 e. The highest BCUT2D eigenvalue weighted by Crippen LogP contribution is 2.27. The summed E-state index contributed by atoms with van der Waals surface area (Å²) in [7, 11) is 0. The van der Waals surface area contributed by atoms with Gasteiger partial charge in [0.05, 0.1) is 12.3 Å². The van der Waals surface area contributed by atoms with Crippen molar-refractivity contribution in [1.29, 1.82) is 0 Å². The van der Waals surface area contributed by atoms with Crippen LogP contribution < -0.4 is 10.1 Å². The Morgan fingerprint density at radius 3 is 2.48 bits per heavy atom. The number of nitrogens with zero attached hydrogens (tertiary/aromatic N) is 3. The SMILES string of the molecule is CCOc1ccc(NC(=O)N2CCCN(C(C)=O)CC2)cc1-n1cccc1. The lowest BCUT2D eigenvalue weighted by atomic mass is 10.2. The molecule has 3 amide bonds. The molecule has 0 spiro atoms. The van der Waals surface area contributed by atoms with Crippen LogP contribution >= 0.6 is 0 Å². The van der Waals surface area contributed by atoms with E-state index in [-0.39, 0.29) is 11.9 Å². The van der Waals surface area contributed by atoms with Crippen LogP contribution in [0.4, 0.5) is 10.5 Å². The Kier molecular flexibility index (Phi) is 6.01. The number of carbonyl (C=O) groups excluding carboxylic acids is 2. The second kappa shape index (κ2) is 8.62. The smallest absolute Gasteiger partial charge is 0.321 e. The standard InChI is InChI=1S/C20H26N4O3/c1-3-27-19-8-7-17(15-18(19)23-9-4-5-10-23)21-20(26)24-12-6-11-22(13-14-24)16(2)25/h4-5,7-10,15H,3,6,11-14H2,1-2H3,(H,21,26). The predicted octanol–water partition coefficient (Wildman–Crippen LogP) is 2.96. The fraction of sp³-hybridized carbons (Fsp3) is 0.400. The molecule has 1 aromatic carbocycles. The molecule has 1 N–H and O–H groups in total. The topological polar surface area (TPSA) is 66.8 Å². The molecule has 0 unspecified atom stereocenters. The van der Waals surface area contributed by atoms with Gasteiger partial charge in [0.1, 0.15) is 5.75 Å². The number of carbonyl (C=O) groups is 2. The molecule has 1 aliphatic rings. The minimum Gasteiger partial charge on any atom is -0.492 e. The minimum absolute atomic E-state index is 0.0557. The second-order valence-corrected chi connectivity index (χ2v) is 6.48. The highest BCUT2D eigenvalue weighted by Gasteiger charge is 2.20. The van der Waals surface area contributed by atoms with Gasteiger partial charge < -0.3 is 24.4 Å². The third kappa shape index (κ3) is 4.61. The number of hydrogen-bond donors (Lipinski definition) is 1. The average molecular weight is 370 g/mol. The van der Waals surface area contributed by atoms with E-state index in [1.807, 2.05) is 54.2 Å². The molecule has 27 heavy (non-hydrogen) atoms. The molecule has 1 saturated heterocycles. The van der Waals surface area contributed by atoms with Crippen LogP contribution in [0.25, 0.3) is 5.69 Å². The largest absolute Gasteiger partial charge is 0.492 e. The maximum atomic E-state index is 12.7. The van der Waals surface area contributed by atoms with E-state index in [1.165, 1.54) is 0 Å². The number of benzene rings is 1. The van der Waals surface area contributed by atoms with E-state index in [0.717, 1.165) is 17.9 Å². The highest BCUT2D eigenvalue weighted by atomic mass is 16.5. The van der Waals surface area contributed by atoms with Crippen molar-refractivity contribution in [2.45, 2.75) is 20.3 Å². The third-order valence-corrected chi connectivity index (χ3v) is 4.62. The fourth-order valence-electron chi connectivity index (χ4n) is 3.21. The molecule has 0 saturated carbocycles. The summed E-state index contributed by atoms with van der Waals surface area (Å²) in [6.07, 6.45) is 4.66. The normalized spacial score (nSPS) is 14.6. The van der Waals surface area contributed by atoms with Crippen molar-refractivity contribution in [2.24, 2.45) is 0 Å². The molecule has 0 atom stereocenters. The lowest BCUT2D eigenvalue weighted by molar-refractivity contribution is -0.128. The zero-order valence-corrected chi connectivity index (χ0v) is 15.9. The molecule has 2 heterocycles. The molecule has 144 valence electrons. The van der Waals surface area contributed by atoms with Gasteiger partial charge in [-0.1, -0.05) is 0 Å². The van der Waals surface area contributed by atoms with Gasteiger partial charge in [0.2, 0.25) is 5.91 Å². The number of nitrogens with one attached hydrogen (secondary N) is 1. The first-order valence-corrected chi connectivity index (χ1v) is 9.30. The van der Waals surface area contributed by atoms with E-state index in [2.05, 4.69) is 5.32 Å². The van der Waals surface area contributed by atoms with Gasteiger partial charge in [0.25, 0.3) is 0 Å². The number of rotatable bonds is 4. The number of amides is 3. The lowest BCUT2D eigenvalue weighted by Crippen LogP contribution is -2.38. The van der Waals surface area contributed by atoms with Gasteiger partial charge in [-0.25, -0.2) is 4.79 Å². The van der Waals surface area contributed by atoms with Crippen molar-refractivity contribution in [3.63, 3.8) is 0 Å². The van der Waals surface area contributed by atoms with Crippen LogP contribution in [0.5, 0.6) is 5.75 Å². The summed E-state index contributed by atoms with van der Waals surface area (Å²) in [4.78, 5) is 27.8. The Morgan fingerprint density at radius 1 is 1.07 bits per heavy atom. The summed E-state index contributed by atoms with van der Waals surface area (Å²) >= 11 is 0. The fourth-order valence-corrected chi connectivity index (χ4v) is 3.21. The highest BCUT2D eigenvalue weighted by molar-refractivity contribution is 5.90.